The van der Waals surface area contributed by atoms with E-state index in [9.17, 15) is 10.1 Å². The summed E-state index contributed by atoms with van der Waals surface area (Å²) in [7, 11) is 2.96. The van der Waals surface area contributed by atoms with Crippen molar-refractivity contribution >= 4 is 34.6 Å². The van der Waals surface area contributed by atoms with E-state index in [4.69, 9.17) is 25.8 Å². The van der Waals surface area contributed by atoms with E-state index in [0.717, 1.165) is 19.6 Å². The summed E-state index contributed by atoms with van der Waals surface area (Å²) in [6.45, 7) is 4.25. The number of nitrogens with zero attached hydrogens (tertiary/aromatic N) is 4. The number of rotatable bonds is 9. The van der Waals surface area contributed by atoms with Gasteiger partial charge in [-0.15, -0.1) is 0 Å². The average Bonchev–Trinajstić information content (AvgIpc) is 2.74. The lowest BCUT2D eigenvalue weighted by Crippen LogP contribution is -2.39. The van der Waals surface area contributed by atoms with Crippen molar-refractivity contribution in [2.45, 2.75) is 0 Å². The summed E-state index contributed by atoms with van der Waals surface area (Å²) in [6, 6.07) is 3.13. The number of aromatic nitrogens is 2. The maximum atomic E-state index is 11.8. The Morgan fingerprint density at radius 2 is 1.90 bits per heavy atom. The Morgan fingerprint density at radius 3 is 2.57 bits per heavy atom. The summed E-state index contributed by atoms with van der Waals surface area (Å²) in [5.74, 6) is 0.959. The van der Waals surface area contributed by atoms with Crippen LogP contribution in [0.5, 0.6) is 11.5 Å². The molecule has 1 aromatic carbocycles. The fourth-order valence-corrected chi connectivity index (χ4v) is 3.26. The maximum absolute atomic E-state index is 11.8. The van der Waals surface area contributed by atoms with Crippen molar-refractivity contribution in [2.75, 3.05) is 64.2 Å². The van der Waals surface area contributed by atoms with Crippen LogP contribution in [0, 0.1) is 10.1 Å². The molecule has 0 bridgehead atoms. The van der Waals surface area contributed by atoms with Crippen molar-refractivity contribution in [3.63, 3.8) is 0 Å². The molecule has 0 spiro atoms. The lowest BCUT2D eigenvalue weighted by Gasteiger charge is -2.26. The van der Waals surface area contributed by atoms with Crippen molar-refractivity contribution in [1.29, 1.82) is 0 Å². The summed E-state index contributed by atoms with van der Waals surface area (Å²) in [5, 5.41) is 18.0. The van der Waals surface area contributed by atoms with Gasteiger partial charge in [-0.1, -0.05) is 11.6 Å². The zero-order chi connectivity index (χ0) is 21.5. The zero-order valence-corrected chi connectivity index (χ0v) is 17.4. The number of nitrogens with one attached hydrogen (secondary N) is 2. The van der Waals surface area contributed by atoms with Crippen LogP contribution in [0.3, 0.4) is 0 Å². The first-order valence-electron chi connectivity index (χ1n) is 9.25. The molecular formula is C18H23ClN6O5. The molecule has 3 rings (SSSR count). The summed E-state index contributed by atoms with van der Waals surface area (Å²) in [5.41, 5.74) is 0.137. The van der Waals surface area contributed by atoms with Gasteiger partial charge in [0.1, 0.15) is 17.8 Å². The number of morpholine rings is 1. The van der Waals surface area contributed by atoms with Crippen molar-refractivity contribution in [1.82, 2.24) is 14.9 Å². The standard InChI is InChI=1S/C18H23ClN6O5/c1-28-14-10-15(29-2)13(9-12(14)19)23-18-16(25(26)27)17(21-11-22-18)20-3-4-24-5-7-30-8-6-24/h9-11H,3-8H2,1-2H3,(H2,20,21,22,23). The van der Waals surface area contributed by atoms with Crippen LogP contribution in [0.15, 0.2) is 18.5 Å². The number of methoxy groups -OCH3 is 2. The third-order valence-electron chi connectivity index (χ3n) is 4.56. The largest absolute Gasteiger partial charge is 0.495 e. The Balaban J connectivity index is 1.81. The highest BCUT2D eigenvalue weighted by Crippen LogP contribution is 2.39. The lowest BCUT2D eigenvalue weighted by atomic mass is 10.2. The van der Waals surface area contributed by atoms with Gasteiger partial charge in [0.15, 0.2) is 0 Å². The van der Waals surface area contributed by atoms with Crippen LogP contribution < -0.4 is 20.1 Å². The van der Waals surface area contributed by atoms with Crippen LogP contribution in [0.2, 0.25) is 5.02 Å². The van der Waals surface area contributed by atoms with Crippen molar-refractivity contribution in [3.8, 4) is 11.5 Å². The normalized spacial score (nSPS) is 14.2. The van der Waals surface area contributed by atoms with E-state index in [2.05, 4.69) is 25.5 Å². The Morgan fingerprint density at radius 1 is 1.20 bits per heavy atom. The fourth-order valence-electron chi connectivity index (χ4n) is 3.02. The SMILES string of the molecule is COc1cc(OC)c(Nc2ncnc(NCCN3CCOCC3)c2[N+](=O)[O-])cc1Cl. The number of anilines is 3. The monoisotopic (exact) mass is 438 g/mol. The molecule has 0 saturated carbocycles. The first-order valence-corrected chi connectivity index (χ1v) is 9.63. The van der Waals surface area contributed by atoms with E-state index >= 15 is 0 Å². The van der Waals surface area contributed by atoms with Crippen molar-refractivity contribution in [2.24, 2.45) is 0 Å². The highest BCUT2D eigenvalue weighted by Gasteiger charge is 2.24. The van der Waals surface area contributed by atoms with Crippen molar-refractivity contribution in [3.05, 3.63) is 33.6 Å². The molecule has 2 aromatic rings. The Bertz CT molecular complexity index is 894. The van der Waals surface area contributed by atoms with Crippen LogP contribution in [0.1, 0.15) is 0 Å². The maximum Gasteiger partial charge on any atom is 0.353 e. The number of benzene rings is 1. The molecule has 1 aliphatic heterocycles. The minimum Gasteiger partial charge on any atom is -0.495 e. The number of halogens is 1. The highest BCUT2D eigenvalue weighted by molar-refractivity contribution is 6.32. The van der Waals surface area contributed by atoms with Gasteiger partial charge < -0.3 is 24.8 Å². The van der Waals surface area contributed by atoms with Crippen LogP contribution >= 0.6 is 11.6 Å². The topological polar surface area (TPSA) is 124 Å². The molecule has 162 valence electrons. The van der Waals surface area contributed by atoms with Crippen LogP contribution in [-0.4, -0.2) is 73.4 Å². The van der Waals surface area contributed by atoms with E-state index in [0.29, 0.717) is 42.0 Å². The van der Waals surface area contributed by atoms with Crippen molar-refractivity contribution < 1.29 is 19.1 Å². The predicted octanol–water partition coefficient (Wildman–Crippen LogP) is 2.54. The minimum atomic E-state index is -0.531. The summed E-state index contributed by atoms with van der Waals surface area (Å²) in [6.07, 6.45) is 1.25. The average molecular weight is 439 g/mol. The lowest BCUT2D eigenvalue weighted by molar-refractivity contribution is -0.383. The highest BCUT2D eigenvalue weighted by atomic mass is 35.5. The quantitative estimate of drug-likeness (QED) is 0.445. The molecule has 30 heavy (non-hydrogen) atoms. The molecule has 1 saturated heterocycles. The second kappa shape index (κ2) is 10.2. The summed E-state index contributed by atoms with van der Waals surface area (Å²) in [4.78, 5) is 21.5. The third kappa shape index (κ3) is 5.17. The summed E-state index contributed by atoms with van der Waals surface area (Å²) >= 11 is 6.19. The third-order valence-corrected chi connectivity index (χ3v) is 4.85. The molecule has 0 aliphatic carbocycles. The van der Waals surface area contributed by atoms with Gasteiger partial charge >= 0.3 is 5.69 Å². The van der Waals surface area contributed by atoms with Crippen LogP contribution in [0.25, 0.3) is 0 Å². The fraction of sp³-hybridized carbons (Fsp3) is 0.444. The number of hydrogen-bond acceptors (Lipinski definition) is 10. The van der Waals surface area contributed by atoms with Gasteiger partial charge in [-0.3, -0.25) is 15.0 Å². The molecule has 12 heteroatoms. The molecule has 11 nitrogen and oxygen atoms in total. The van der Waals surface area contributed by atoms with Gasteiger partial charge in [0.2, 0.25) is 11.6 Å². The Kier molecular flexibility index (Phi) is 7.44. The first kappa shape index (κ1) is 21.8. The molecular weight excluding hydrogens is 416 g/mol. The number of nitro groups is 1. The Hall–Kier alpha value is -2.89. The first-order chi connectivity index (χ1) is 14.5. The molecule has 2 N–H and O–H groups in total. The van der Waals surface area contributed by atoms with E-state index in [-0.39, 0.29) is 17.3 Å². The number of hydrogen-bond donors (Lipinski definition) is 2. The van der Waals surface area contributed by atoms with Crippen LogP contribution in [0.4, 0.5) is 23.0 Å². The van der Waals surface area contributed by atoms with Gasteiger partial charge in [-0.2, -0.15) is 0 Å². The molecule has 0 amide bonds. The van der Waals surface area contributed by atoms with Gasteiger partial charge in [0, 0.05) is 32.2 Å². The van der Waals surface area contributed by atoms with E-state index in [1.807, 2.05) is 0 Å². The number of ether oxygens (including phenoxy) is 3. The van der Waals surface area contributed by atoms with E-state index in [1.54, 1.807) is 12.1 Å². The van der Waals surface area contributed by atoms with Gasteiger partial charge in [-0.05, 0) is 6.07 Å². The smallest absolute Gasteiger partial charge is 0.353 e. The molecule has 1 aromatic heterocycles. The van der Waals surface area contributed by atoms with Gasteiger partial charge in [-0.25, -0.2) is 9.97 Å². The van der Waals surface area contributed by atoms with E-state index < -0.39 is 4.92 Å². The molecule has 0 radical (unpaired) electrons. The minimum absolute atomic E-state index is 0.0170. The molecule has 0 atom stereocenters. The molecule has 2 heterocycles. The predicted molar refractivity (Wildman–Crippen MR) is 112 cm³/mol. The molecule has 1 aliphatic rings. The zero-order valence-electron chi connectivity index (χ0n) is 16.7. The molecule has 1 fully saturated rings. The van der Waals surface area contributed by atoms with Gasteiger partial charge in [0.25, 0.3) is 0 Å². The second-order valence-corrected chi connectivity index (χ2v) is 6.78. The van der Waals surface area contributed by atoms with Gasteiger partial charge in [0.05, 0.1) is 43.1 Å². The summed E-state index contributed by atoms with van der Waals surface area (Å²) < 4.78 is 15.8. The second-order valence-electron chi connectivity index (χ2n) is 6.37. The van der Waals surface area contributed by atoms with Crippen LogP contribution in [-0.2, 0) is 4.74 Å². The molecule has 0 unspecified atom stereocenters. The Labute approximate surface area is 178 Å². The van der Waals surface area contributed by atoms with E-state index in [1.165, 1.54) is 20.5 Å².